The molecular formula is C20H25FN6O2S. The molecule has 1 aromatic carbocycles. The van der Waals surface area contributed by atoms with Crippen molar-refractivity contribution in [3.63, 3.8) is 0 Å². The Hall–Kier alpha value is -2.85. The lowest BCUT2D eigenvalue weighted by molar-refractivity contribution is 0.196. The fourth-order valence-electron chi connectivity index (χ4n) is 3.42. The normalized spacial score (nSPS) is 14.9. The topological polar surface area (TPSA) is 119 Å². The zero-order valence-corrected chi connectivity index (χ0v) is 17.3. The first-order chi connectivity index (χ1) is 14.5. The highest BCUT2D eigenvalue weighted by Gasteiger charge is 2.15. The van der Waals surface area contributed by atoms with Gasteiger partial charge in [0.05, 0.1) is 0 Å². The van der Waals surface area contributed by atoms with Crippen molar-refractivity contribution in [2.45, 2.75) is 32.1 Å². The Labute approximate surface area is 179 Å². The Balaban J connectivity index is 1.65. The summed E-state index contributed by atoms with van der Waals surface area (Å²) in [6.45, 7) is 0.637. The summed E-state index contributed by atoms with van der Waals surface area (Å²) in [6, 6.07) is 8.82. The Bertz CT molecular complexity index is 891. The molecule has 1 aliphatic rings. The molecule has 8 nitrogen and oxygen atoms in total. The fraction of sp³-hybridized carbons (Fsp3) is 0.350. The van der Waals surface area contributed by atoms with E-state index in [1.165, 1.54) is 25.5 Å². The molecule has 0 unspecified atom stereocenters. The van der Waals surface area contributed by atoms with Crippen LogP contribution < -0.4 is 21.6 Å². The molecule has 1 fully saturated rings. The quantitative estimate of drug-likeness (QED) is 0.200. The summed E-state index contributed by atoms with van der Waals surface area (Å²) in [5, 5.41) is 6.55. The monoisotopic (exact) mass is 432 g/mol. The van der Waals surface area contributed by atoms with Crippen LogP contribution in [0.25, 0.3) is 11.1 Å². The molecule has 10 heteroatoms. The van der Waals surface area contributed by atoms with Crippen molar-refractivity contribution in [1.29, 1.82) is 0 Å². The van der Waals surface area contributed by atoms with Crippen LogP contribution in [0.15, 0.2) is 47.8 Å². The van der Waals surface area contributed by atoms with Gasteiger partial charge in [0, 0.05) is 30.1 Å². The molecule has 0 saturated heterocycles. The van der Waals surface area contributed by atoms with Crippen LogP contribution >= 0.6 is 12.3 Å². The zero-order chi connectivity index (χ0) is 21.3. The molecule has 3 rings (SSSR count). The average Bonchev–Trinajstić information content (AvgIpc) is 2.78. The Kier molecular flexibility index (Phi) is 7.86. The molecule has 0 bridgehead atoms. The van der Waals surface area contributed by atoms with Gasteiger partial charge in [-0.05, 0) is 42.5 Å². The zero-order valence-electron chi connectivity index (χ0n) is 16.5. The van der Waals surface area contributed by atoms with Crippen LogP contribution in [-0.2, 0) is 0 Å². The molecule has 0 aliphatic heterocycles. The number of ether oxygens (including phenoxy) is 1. The molecule has 30 heavy (non-hydrogen) atoms. The third kappa shape index (κ3) is 6.33. The molecular weight excluding hydrogens is 407 g/mol. The van der Waals surface area contributed by atoms with E-state index in [9.17, 15) is 8.68 Å². The Morgan fingerprint density at radius 2 is 2.07 bits per heavy atom. The van der Waals surface area contributed by atoms with Crippen molar-refractivity contribution >= 4 is 24.3 Å². The van der Waals surface area contributed by atoms with E-state index >= 15 is 0 Å². The lowest BCUT2D eigenvalue weighted by atomic mass is 9.89. The van der Waals surface area contributed by atoms with E-state index in [0.717, 1.165) is 24.0 Å². The number of nitrogens with two attached hydrogens (primary N) is 2. The summed E-state index contributed by atoms with van der Waals surface area (Å²) in [5.41, 5.74) is 7.83. The summed E-state index contributed by atoms with van der Waals surface area (Å²) < 4.78 is 18.4. The molecule has 1 amide bonds. The van der Waals surface area contributed by atoms with E-state index in [2.05, 4.69) is 15.4 Å². The SMILES string of the molecule is N/C(=N\N(N)SF)c1cncc(-c2cccc(OC(=O)NCC3CCCCC3)c2)c1. The predicted octanol–water partition coefficient (Wildman–Crippen LogP) is 3.75. The average molecular weight is 433 g/mol. The number of amides is 1. The van der Waals surface area contributed by atoms with Crippen molar-refractivity contribution in [3.8, 4) is 16.9 Å². The van der Waals surface area contributed by atoms with E-state index in [-0.39, 0.29) is 18.2 Å². The summed E-state index contributed by atoms with van der Waals surface area (Å²) in [6.07, 6.45) is 8.70. The van der Waals surface area contributed by atoms with E-state index in [1.54, 1.807) is 30.5 Å². The molecule has 160 valence electrons. The van der Waals surface area contributed by atoms with Crippen molar-refractivity contribution in [1.82, 2.24) is 14.8 Å². The third-order valence-corrected chi connectivity index (χ3v) is 5.17. The number of aromatic nitrogens is 1. The number of carbonyl (C=O) groups is 1. The second-order valence-corrected chi connectivity index (χ2v) is 7.63. The molecule has 0 spiro atoms. The van der Waals surface area contributed by atoms with Gasteiger partial charge in [-0.1, -0.05) is 31.4 Å². The van der Waals surface area contributed by atoms with Gasteiger partial charge in [0.1, 0.15) is 5.75 Å². The van der Waals surface area contributed by atoms with E-state index < -0.39 is 6.09 Å². The lowest BCUT2D eigenvalue weighted by Crippen LogP contribution is -2.32. The van der Waals surface area contributed by atoms with Gasteiger partial charge in [-0.25, -0.2) is 10.6 Å². The lowest BCUT2D eigenvalue weighted by Gasteiger charge is -2.21. The number of hydrazone groups is 1. The maximum atomic E-state index is 12.4. The number of hydrazine groups is 1. The largest absolute Gasteiger partial charge is 0.412 e. The van der Waals surface area contributed by atoms with Gasteiger partial charge in [0.15, 0.2) is 18.2 Å². The second-order valence-electron chi connectivity index (χ2n) is 7.12. The van der Waals surface area contributed by atoms with Gasteiger partial charge >= 0.3 is 6.09 Å². The Morgan fingerprint density at radius 1 is 1.27 bits per heavy atom. The highest BCUT2D eigenvalue weighted by Crippen LogP contribution is 2.25. The van der Waals surface area contributed by atoms with Gasteiger partial charge in [-0.15, -0.1) is 13.5 Å². The van der Waals surface area contributed by atoms with E-state index in [4.69, 9.17) is 16.3 Å². The van der Waals surface area contributed by atoms with Crippen molar-refractivity contribution < 1.29 is 13.4 Å². The first kappa shape index (κ1) is 21.8. The van der Waals surface area contributed by atoms with Crippen LogP contribution in [0.2, 0.25) is 0 Å². The Morgan fingerprint density at radius 3 is 2.83 bits per heavy atom. The molecule has 1 aliphatic carbocycles. The van der Waals surface area contributed by atoms with Crippen LogP contribution in [-0.4, -0.2) is 28.0 Å². The van der Waals surface area contributed by atoms with Crippen LogP contribution in [0.4, 0.5) is 8.68 Å². The number of hydrogen-bond donors (Lipinski definition) is 3. The number of benzene rings is 1. The summed E-state index contributed by atoms with van der Waals surface area (Å²) in [7, 11) is 0. The van der Waals surface area contributed by atoms with Gasteiger partial charge in [-0.2, -0.15) is 0 Å². The first-order valence-electron chi connectivity index (χ1n) is 9.74. The van der Waals surface area contributed by atoms with Gasteiger partial charge < -0.3 is 15.8 Å². The van der Waals surface area contributed by atoms with E-state index in [0.29, 0.717) is 28.3 Å². The predicted molar refractivity (Wildman–Crippen MR) is 116 cm³/mol. The molecule has 0 radical (unpaired) electrons. The van der Waals surface area contributed by atoms with Gasteiger partial charge in [0.2, 0.25) is 0 Å². The smallest absolute Gasteiger partial charge is 0.410 e. The number of carbonyl (C=O) groups excluding carboxylic acids is 1. The van der Waals surface area contributed by atoms with Crippen LogP contribution in [0, 0.1) is 5.92 Å². The number of amidine groups is 1. The second kappa shape index (κ2) is 10.8. The number of rotatable bonds is 7. The minimum Gasteiger partial charge on any atom is -0.410 e. The van der Waals surface area contributed by atoms with Crippen molar-refractivity contribution in [3.05, 3.63) is 48.3 Å². The molecule has 0 atom stereocenters. The molecule has 5 N–H and O–H groups in total. The summed E-state index contributed by atoms with van der Waals surface area (Å²) >= 11 is -0.262. The number of hydrogen-bond acceptors (Lipinski definition) is 7. The number of nitrogens with one attached hydrogen (secondary N) is 1. The van der Waals surface area contributed by atoms with Crippen LogP contribution in [0.3, 0.4) is 0 Å². The van der Waals surface area contributed by atoms with Gasteiger partial charge in [0.25, 0.3) is 0 Å². The molecule has 2 aromatic rings. The van der Waals surface area contributed by atoms with Crippen LogP contribution in [0.1, 0.15) is 37.7 Å². The van der Waals surface area contributed by atoms with Crippen LogP contribution in [0.5, 0.6) is 5.75 Å². The number of nitrogens with zero attached hydrogens (tertiary/aromatic N) is 3. The van der Waals surface area contributed by atoms with Crippen molar-refractivity contribution in [2.75, 3.05) is 6.54 Å². The maximum absolute atomic E-state index is 12.4. The number of pyridine rings is 1. The summed E-state index contributed by atoms with van der Waals surface area (Å²) in [5.74, 6) is 6.24. The highest BCUT2D eigenvalue weighted by molar-refractivity contribution is 7.91. The number of halogens is 1. The first-order valence-corrected chi connectivity index (χ1v) is 10.4. The molecule has 1 heterocycles. The van der Waals surface area contributed by atoms with Gasteiger partial charge in [-0.3, -0.25) is 4.98 Å². The third-order valence-electron chi connectivity index (χ3n) is 4.95. The summed E-state index contributed by atoms with van der Waals surface area (Å²) in [4.78, 5) is 16.3. The molecule has 1 aromatic heterocycles. The standard InChI is InChI=1S/C20H25FN6O2S/c21-30-27(23)26-19(22)17-9-16(12-24-13-17)15-7-4-8-18(10-15)29-20(28)25-11-14-5-2-1-3-6-14/h4,7-10,12-14H,1-3,5-6,11,23H2,(H2,22,26)(H,25,28). The maximum Gasteiger partial charge on any atom is 0.412 e. The van der Waals surface area contributed by atoms with Crippen molar-refractivity contribution in [2.24, 2.45) is 22.6 Å². The fourth-order valence-corrected chi connectivity index (χ4v) is 3.54. The minimum absolute atomic E-state index is 0.0199. The highest BCUT2D eigenvalue weighted by atomic mass is 32.2. The van der Waals surface area contributed by atoms with E-state index in [1.807, 2.05) is 6.07 Å². The minimum atomic E-state index is -0.465. The molecule has 1 saturated carbocycles.